The van der Waals surface area contributed by atoms with Crippen LogP contribution < -0.4 is 0 Å². The molecule has 0 saturated heterocycles. The maximum Gasteiger partial charge on any atom is 0.399 e. The lowest BCUT2D eigenvalue weighted by Crippen LogP contribution is -2.13. The quantitative estimate of drug-likeness (QED) is 0.792. The Hall–Kier alpha value is -0.770. The Kier molecular flexibility index (Phi) is 3.28. The molecule has 0 atom stereocenters. The Bertz CT molecular complexity index is 383. The standard InChI is InChI=1S/C9H11F2O3P/c1-2-7-3-5-8(6-4-7)9(10,11)15(12,13)14/h3-6H,2H2,1H3,(H2,12,13,14). The molecule has 0 aliphatic rings. The summed E-state index contributed by atoms with van der Waals surface area (Å²) >= 11 is 0. The van der Waals surface area contributed by atoms with Gasteiger partial charge in [-0.3, -0.25) is 4.57 Å². The van der Waals surface area contributed by atoms with E-state index in [9.17, 15) is 13.3 Å². The largest absolute Gasteiger partial charge is 0.399 e. The molecule has 15 heavy (non-hydrogen) atoms. The van der Waals surface area contributed by atoms with Gasteiger partial charge in [-0.05, 0) is 12.0 Å². The van der Waals surface area contributed by atoms with Crippen LogP contribution in [0.3, 0.4) is 0 Å². The van der Waals surface area contributed by atoms with Crippen LogP contribution in [0.25, 0.3) is 0 Å². The van der Waals surface area contributed by atoms with Gasteiger partial charge in [0.05, 0.1) is 0 Å². The van der Waals surface area contributed by atoms with Gasteiger partial charge in [-0.25, -0.2) is 0 Å². The van der Waals surface area contributed by atoms with E-state index in [1.54, 1.807) is 0 Å². The molecule has 2 N–H and O–H groups in total. The monoisotopic (exact) mass is 236 g/mol. The number of benzene rings is 1. The summed E-state index contributed by atoms with van der Waals surface area (Å²) in [5.41, 5.74) is -3.94. The number of hydrogen-bond donors (Lipinski definition) is 2. The van der Waals surface area contributed by atoms with Crippen molar-refractivity contribution in [3.8, 4) is 0 Å². The van der Waals surface area contributed by atoms with Gasteiger partial charge in [-0.1, -0.05) is 31.2 Å². The number of hydrogen-bond acceptors (Lipinski definition) is 1. The molecule has 0 aromatic heterocycles. The van der Waals surface area contributed by atoms with Crippen molar-refractivity contribution in [3.63, 3.8) is 0 Å². The van der Waals surface area contributed by atoms with E-state index >= 15 is 0 Å². The first kappa shape index (κ1) is 12.3. The molecule has 0 fully saturated rings. The van der Waals surface area contributed by atoms with E-state index in [2.05, 4.69) is 0 Å². The van der Waals surface area contributed by atoms with Crippen molar-refractivity contribution in [1.29, 1.82) is 0 Å². The van der Waals surface area contributed by atoms with Gasteiger partial charge in [0.25, 0.3) is 0 Å². The molecule has 0 bridgehead atoms. The molecule has 0 saturated carbocycles. The van der Waals surface area contributed by atoms with Crippen LogP contribution >= 0.6 is 7.60 Å². The molecule has 0 aliphatic carbocycles. The molecule has 0 spiro atoms. The van der Waals surface area contributed by atoms with Crippen molar-refractivity contribution in [2.24, 2.45) is 0 Å². The van der Waals surface area contributed by atoms with Gasteiger partial charge in [-0.2, -0.15) is 8.78 Å². The average Bonchev–Trinajstić information content (AvgIpc) is 2.16. The molecule has 0 aliphatic heterocycles. The lowest BCUT2D eigenvalue weighted by molar-refractivity contribution is 0.0564. The van der Waals surface area contributed by atoms with Crippen LogP contribution in [0.15, 0.2) is 24.3 Å². The summed E-state index contributed by atoms with van der Waals surface area (Å²) in [5, 5.41) is 0. The molecule has 1 rings (SSSR count). The van der Waals surface area contributed by atoms with Gasteiger partial charge in [0, 0.05) is 5.56 Å². The van der Waals surface area contributed by atoms with Crippen molar-refractivity contribution in [2.45, 2.75) is 19.0 Å². The Morgan fingerprint density at radius 3 is 2.07 bits per heavy atom. The molecule has 84 valence electrons. The highest BCUT2D eigenvalue weighted by Crippen LogP contribution is 2.59. The molecule has 1 aromatic rings. The fourth-order valence-corrected chi connectivity index (χ4v) is 1.59. The number of rotatable bonds is 3. The van der Waals surface area contributed by atoms with E-state index in [0.717, 1.165) is 17.7 Å². The Balaban J connectivity index is 3.11. The van der Waals surface area contributed by atoms with E-state index in [1.807, 2.05) is 6.92 Å². The summed E-state index contributed by atoms with van der Waals surface area (Å²) in [4.78, 5) is 17.0. The van der Waals surface area contributed by atoms with Crippen LogP contribution in [0, 0.1) is 0 Å². The molecule has 3 nitrogen and oxygen atoms in total. The van der Waals surface area contributed by atoms with Crippen LogP contribution in [-0.4, -0.2) is 9.79 Å². The van der Waals surface area contributed by atoms with Gasteiger partial charge in [-0.15, -0.1) is 0 Å². The van der Waals surface area contributed by atoms with Crippen LogP contribution in [0.4, 0.5) is 8.78 Å². The Labute approximate surface area is 85.9 Å². The van der Waals surface area contributed by atoms with E-state index < -0.39 is 18.8 Å². The van der Waals surface area contributed by atoms with Crippen LogP contribution in [0.1, 0.15) is 18.1 Å². The number of alkyl halides is 2. The maximum absolute atomic E-state index is 13.1. The Morgan fingerprint density at radius 1 is 1.27 bits per heavy atom. The maximum atomic E-state index is 13.1. The summed E-state index contributed by atoms with van der Waals surface area (Å²) in [6, 6.07) is 4.94. The van der Waals surface area contributed by atoms with Crippen molar-refractivity contribution < 1.29 is 23.1 Å². The molecule has 0 unspecified atom stereocenters. The fourth-order valence-electron chi connectivity index (χ4n) is 1.11. The molecule has 0 radical (unpaired) electrons. The number of halogens is 2. The van der Waals surface area contributed by atoms with Gasteiger partial charge >= 0.3 is 13.3 Å². The smallest absolute Gasteiger partial charge is 0.320 e. The van der Waals surface area contributed by atoms with E-state index in [-0.39, 0.29) is 0 Å². The SMILES string of the molecule is CCc1ccc(C(F)(F)P(=O)(O)O)cc1. The minimum absolute atomic E-state index is 0.659. The van der Waals surface area contributed by atoms with Gasteiger partial charge in [0.2, 0.25) is 0 Å². The summed E-state index contributed by atoms with van der Waals surface area (Å²) in [6.45, 7) is 1.86. The van der Waals surface area contributed by atoms with E-state index in [4.69, 9.17) is 9.79 Å². The molecule has 6 heteroatoms. The normalized spacial score (nSPS) is 12.9. The highest BCUT2D eigenvalue weighted by molar-refractivity contribution is 7.52. The minimum Gasteiger partial charge on any atom is -0.320 e. The first-order chi connectivity index (χ1) is 6.79. The zero-order valence-electron chi connectivity index (χ0n) is 8.02. The zero-order chi connectivity index (χ0) is 11.7. The van der Waals surface area contributed by atoms with Gasteiger partial charge in [0.1, 0.15) is 0 Å². The summed E-state index contributed by atoms with van der Waals surface area (Å²) in [7, 11) is -5.45. The van der Waals surface area contributed by atoms with E-state index in [1.165, 1.54) is 12.1 Å². The summed E-state index contributed by atoms with van der Waals surface area (Å²) in [5.74, 6) is 0. The second-order valence-electron chi connectivity index (χ2n) is 3.14. The first-order valence-corrected chi connectivity index (χ1v) is 5.93. The van der Waals surface area contributed by atoms with Crippen molar-refractivity contribution in [2.75, 3.05) is 0 Å². The lowest BCUT2D eigenvalue weighted by Gasteiger charge is -2.17. The third-order valence-corrected chi connectivity index (χ3v) is 3.07. The van der Waals surface area contributed by atoms with Crippen molar-refractivity contribution in [1.82, 2.24) is 0 Å². The molecular weight excluding hydrogens is 225 g/mol. The highest BCUT2D eigenvalue weighted by Gasteiger charge is 2.50. The average molecular weight is 236 g/mol. The van der Waals surface area contributed by atoms with E-state index in [0.29, 0.717) is 6.42 Å². The van der Waals surface area contributed by atoms with Crippen molar-refractivity contribution in [3.05, 3.63) is 35.4 Å². The zero-order valence-corrected chi connectivity index (χ0v) is 8.92. The van der Waals surface area contributed by atoms with Crippen LogP contribution in [0.5, 0.6) is 0 Å². The van der Waals surface area contributed by atoms with Crippen molar-refractivity contribution >= 4 is 7.60 Å². The number of aryl methyl sites for hydroxylation is 1. The molecule has 1 aromatic carbocycles. The fraction of sp³-hybridized carbons (Fsp3) is 0.333. The predicted octanol–water partition coefficient (Wildman–Crippen LogP) is 2.48. The van der Waals surface area contributed by atoms with Crippen LogP contribution in [-0.2, 0) is 16.6 Å². The summed E-state index contributed by atoms with van der Waals surface area (Å²) in [6.07, 6.45) is 0.682. The second kappa shape index (κ2) is 4.00. The highest BCUT2D eigenvalue weighted by atomic mass is 31.2. The first-order valence-electron chi connectivity index (χ1n) is 4.32. The predicted molar refractivity (Wildman–Crippen MR) is 51.8 cm³/mol. The lowest BCUT2D eigenvalue weighted by atomic mass is 10.1. The topological polar surface area (TPSA) is 57.5 Å². The Morgan fingerprint density at radius 2 is 1.73 bits per heavy atom. The molecule has 0 amide bonds. The second-order valence-corrected chi connectivity index (χ2v) is 4.79. The van der Waals surface area contributed by atoms with Gasteiger partial charge < -0.3 is 9.79 Å². The third-order valence-electron chi connectivity index (χ3n) is 2.08. The van der Waals surface area contributed by atoms with Crippen LogP contribution in [0.2, 0.25) is 0 Å². The molecule has 0 heterocycles. The third kappa shape index (κ3) is 2.43. The van der Waals surface area contributed by atoms with Gasteiger partial charge in [0.15, 0.2) is 0 Å². The minimum atomic E-state index is -5.45. The molecular formula is C9H11F2O3P. The summed E-state index contributed by atoms with van der Waals surface area (Å²) < 4.78 is 36.8.